The van der Waals surface area contributed by atoms with E-state index < -0.39 is 0 Å². The summed E-state index contributed by atoms with van der Waals surface area (Å²) < 4.78 is 5.74. The van der Waals surface area contributed by atoms with Crippen molar-refractivity contribution in [1.29, 1.82) is 0 Å². The molecule has 1 aliphatic rings. The number of hydrogen-bond donors (Lipinski definition) is 1. The van der Waals surface area contributed by atoms with E-state index in [0.717, 1.165) is 18.6 Å². The number of ether oxygens (including phenoxy) is 1. The fourth-order valence-electron chi connectivity index (χ4n) is 2.87. The van der Waals surface area contributed by atoms with Gasteiger partial charge < -0.3 is 10.5 Å². The summed E-state index contributed by atoms with van der Waals surface area (Å²) in [5, 5.41) is 0. The first-order chi connectivity index (χ1) is 9.63. The molecule has 1 heterocycles. The highest BCUT2D eigenvalue weighted by Gasteiger charge is 2.20. The summed E-state index contributed by atoms with van der Waals surface area (Å²) >= 11 is 0. The summed E-state index contributed by atoms with van der Waals surface area (Å²) in [4.78, 5) is 0. The molecule has 0 saturated heterocycles. The zero-order valence-electron chi connectivity index (χ0n) is 12.1. The van der Waals surface area contributed by atoms with Gasteiger partial charge in [-0.2, -0.15) is 0 Å². The van der Waals surface area contributed by atoms with Gasteiger partial charge in [-0.3, -0.25) is 0 Å². The molecule has 0 amide bonds. The molecule has 0 saturated carbocycles. The lowest BCUT2D eigenvalue weighted by Crippen LogP contribution is -2.14. The Morgan fingerprint density at radius 2 is 2.05 bits per heavy atom. The number of fused-ring (bicyclic) bond motifs is 1. The van der Waals surface area contributed by atoms with Crippen molar-refractivity contribution >= 4 is 0 Å². The van der Waals surface area contributed by atoms with Crippen LogP contribution in [0.25, 0.3) is 0 Å². The Kier molecular flexibility index (Phi) is 3.49. The number of rotatable bonds is 3. The lowest BCUT2D eigenvalue weighted by molar-refractivity contribution is 0.254. The molecule has 1 aliphatic heterocycles. The van der Waals surface area contributed by atoms with Crippen LogP contribution in [0, 0.1) is 6.92 Å². The van der Waals surface area contributed by atoms with E-state index in [2.05, 4.69) is 56.3 Å². The van der Waals surface area contributed by atoms with Crippen LogP contribution in [0.3, 0.4) is 0 Å². The quantitative estimate of drug-likeness (QED) is 0.923. The lowest BCUT2D eigenvalue weighted by Gasteiger charge is -2.14. The Labute approximate surface area is 120 Å². The minimum atomic E-state index is 0.0392. The average Bonchev–Trinajstić information content (AvgIpc) is 2.80. The van der Waals surface area contributed by atoms with Crippen LogP contribution < -0.4 is 10.5 Å². The maximum atomic E-state index is 6.38. The van der Waals surface area contributed by atoms with Gasteiger partial charge in [-0.1, -0.05) is 36.4 Å². The van der Waals surface area contributed by atoms with E-state index in [1.165, 1.54) is 22.3 Å². The summed E-state index contributed by atoms with van der Waals surface area (Å²) in [6, 6.07) is 14.9. The van der Waals surface area contributed by atoms with Crippen LogP contribution in [0.2, 0.25) is 0 Å². The Hall–Kier alpha value is -1.80. The standard InChI is InChI=1S/C18H21NO/c1-12-5-3-4-6-14(12)11-17(19)15-7-8-18-16(10-15)9-13(2)20-18/h3-8,10,13,17H,9,11,19H2,1-2H3. The summed E-state index contributed by atoms with van der Waals surface area (Å²) in [6.45, 7) is 4.24. The monoisotopic (exact) mass is 267 g/mol. The molecule has 0 aromatic heterocycles. The molecule has 2 N–H and O–H groups in total. The first kappa shape index (κ1) is 13.2. The van der Waals surface area contributed by atoms with Crippen LogP contribution in [-0.4, -0.2) is 6.10 Å². The second-order valence-corrected chi connectivity index (χ2v) is 5.74. The van der Waals surface area contributed by atoms with E-state index >= 15 is 0 Å². The van der Waals surface area contributed by atoms with Crippen LogP contribution >= 0.6 is 0 Å². The Morgan fingerprint density at radius 1 is 1.25 bits per heavy atom. The highest BCUT2D eigenvalue weighted by Crippen LogP contribution is 2.31. The van der Waals surface area contributed by atoms with Crippen LogP contribution in [0.5, 0.6) is 5.75 Å². The van der Waals surface area contributed by atoms with Gasteiger partial charge in [-0.05, 0) is 48.6 Å². The zero-order valence-corrected chi connectivity index (χ0v) is 12.1. The van der Waals surface area contributed by atoms with Crippen molar-refractivity contribution in [2.75, 3.05) is 0 Å². The van der Waals surface area contributed by atoms with E-state index in [9.17, 15) is 0 Å². The topological polar surface area (TPSA) is 35.2 Å². The lowest BCUT2D eigenvalue weighted by atomic mass is 9.95. The number of benzene rings is 2. The second kappa shape index (κ2) is 5.29. The molecule has 2 aromatic rings. The number of aryl methyl sites for hydroxylation is 1. The third-order valence-electron chi connectivity index (χ3n) is 4.05. The van der Waals surface area contributed by atoms with E-state index in [0.29, 0.717) is 0 Å². The fraction of sp³-hybridized carbons (Fsp3) is 0.333. The molecule has 2 aromatic carbocycles. The molecule has 2 atom stereocenters. The van der Waals surface area contributed by atoms with Crippen LogP contribution in [-0.2, 0) is 12.8 Å². The third-order valence-corrected chi connectivity index (χ3v) is 4.05. The SMILES string of the molecule is Cc1ccccc1CC(N)c1ccc2c(c1)CC(C)O2. The van der Waals surface area contributed by atoms with Gasteiger partial charge in [0.1, 0.15) is 11.9 Å². The van der Waals surface area contributed by atoms with Gasteiger partial charge in [0.25, 0.3) is 0 Å². The molecular weight excluding hydrogens is 246 g/mol. The van der Waals surface area contributed by atoms with Crippen LogP contribution in [0.4, 0.5) is 0 Å². The fourth-order valence-corrected chi connectivity index (χ4v) is 2.87. The van der Waals surface area contributed by atoms with Gasteiger partial charge in [0.05, 0.1) is 0 Å². The molecule has 2 heteroatoms. The Balaban J connectivity index is 1.80. The highest BCUT2D eigenvalue weighted by molar-refractivity contribution is 5.42. The summed E-state index contributed by atoms with van der Waals surface area (Å²) in [5.41, 5.74) is 11.5. The van der Waals surface area contributed by atoms with Gasteiger partial charge in [0.2, 0.25) is 0 Å². The van der Waals surface area contributed by atoms with Crippen molar-refractivity contribution in [2.24, 2.45) is 5.73 Å². The smallest absolute Gasteiger partial charge is 0.123 e. The summed E-state index contributed by atoms with van der Waals surface area (Å²) in [7, 11) is 0. The Bertz CT molecular complexity index is 621. The van der Waals surface area contributed by atoms with Gasteiger partial charge in [0, 0.05) is 12.5 Å². The maximum Gasteiger partial charge on any atom is 0.123 e. The van der Waals surface area contributed by atoms with Gasteiger partial charge in [-0.15, -0.1) is 0 Å². The molecule has 0 aliphatic carbocycles. The molecular formula is C18H21NO. The van der Waals surface area contributed by atoms with Gasteiger partial charge in [-0.25, -0.2) is 0 Å². The van der Waals surface area contributed by atoms with Crippen molar-refractivity contribution in [3.8, 4) is 5.75 Å². The number of nitrogens with two attached hydrogens (primary N) is 1. The van der Waals surface area contributed by atoms with Crippen molar-refractivity contribution in [3.63, 3.8) is 0 Å². The molecule has 3 rings (SSSR count). The van der Waals surface area contributed by atoms with E-state index in [4.69, 9.17) is 10.5 Å². The average molecular weight is 267 g/mol. The first-order valence-corrected chi connectivity index (χ1v) is 7.23. The summed E-state index contributed by atoms with van der Waals surface area (Å²) in [6.07, 6.45) is 2.15. The molecule has 20 heavy (non-hydrogen) atoms. The molecule has 2 nitrogen and oxygen atoms in total. The van der Waals surface area contributed by atoms with Crippen molar-refractivity contribution in [3.05, 3.63) is 64.7 Å². The largest absolute Gasteiger partial charge is 0.490 e. The molecule has 0 radical (unpaired) electrons. The van der Waals surface area contributed by atoms with Gasteiger partial charge in [0.15, 0.2) is 0 Å². The third kappa shape index (κ3) is 2.56. The first-order valence-electron chi connectivity index (χ1n) is 7.23. The predicted octanol–water partition coefficient (Wildman–Crippen LogP) is 3.56. The molecule has 0 fully saturated rings. The van der Waals surface area contributed by atoms with E-state index in [1.807, 2.05) is 0 Å². The summed E-state index contributed by atoms with van der Waals surface area (Å²) in [5.74, 6) is 1.02. The van der Waals surface area contributed by atoms with E-state index in [-0.39, 0.29) is 12.1 Å². The van der Waals surface area contributed by atoms with Crippen LogP contribution in [0.15, 0.2) is 42.5 Å². The second-order valence-electron chi connectivity index (χ2n) is 5.74. The van der Waals surface area contributed by atoms with Gasteiger partial charge >= 0.3 is 0 Å². The zero-order chi connectivity index (χ0) is 14.1. The Morgan fingerprint density at radius 3 is 2.85 bits per heavy atom. The molecule has 2 unspecified atom stereocenters. The van der Waals surface area contributed by atoms with Crippen molar-refractivity contribution < 1.29 is 4.74 Å². The molecule has 0 spiro atoms. The van der Waals surface area contributed by atoms with Crippen molar-refractivity contribution in [2.45, 2.75) is 38.8 Å². The molecule has 104 valence electrons. The predicted molar refractivity (Wildman–Crippen MR) is 82.0 cm³/mol. The minimum Gasteiger partial charge on any atom is -0.490 e. The van der Waals surface area contributed by atoms with Crippen LogP contribution in [0.1, 0.15) is 35.2 Å². The maximum absolute atomic E-state index is 6.38. The minimum absolute atomic E-state index is 0.0392. The van der Waals surface area contributed by atoms with E-state index in [1.54, 1.807) is 0 Å². The highest BCUT2D eigenvalue weighted by atomic mass is 16.5. The normalized spacial score (nSPS) is 18.4. The number of hydrogen-bond acceptors (Lipinski definition) is 2. The molecule has 0 bridgehead atoms. The van der Waals surface area contributed by atoms with Crippen molar-refractivity contribution in [1.82, 2.24) is 0 Å².